The number of ether oxygens (including phenoxy) is 2. The second-order valence-electron chi connectivity index (χ2n) is 6.29. The van der Waals surface area contributed by atoms with Gasteiger partial charge in [0.25, 0.3) is 5.91 Å². The summed E-state index contributed by atoms with van der Waals surface area (Å²) in [5, 5.41) is 2.73. The number of amides is 1. The van der Waals surface area contributed by atoms with E-state index in [9.17, 15) is 13.2 Å². The Labute approximate surface area is 165 Å². The topological polar surface area (TPSA) is 97.8 Å². The third kappa shape index (κ3) is 5.28. The Kier molecular flexibility index (Phi) is 7.50. The lowest BCUT2D eigenvalue weighted by Crippen LogP contribution is -2.33. The van der Waals surface area contributed by atoms with Crippen molar-refractivity contribution in [3.8, 4) is 5.88 Å². The Bertz CT molecular complexity index is 898. The molecule has 0 saturated heterocycles. The smallest absolute Gasteiger partial charge is 0.255 e. The Hall–Kier alpha value is -2.49. The highest BCUT2D eigenvalue weighted by molar-refractivity contribution is 7.89. The molecule has 0 atom stereocenters. The zero-order valence-corrected chi connectivity index (χ0v) is 17.2. The van der Waals surface area contributed by atoms with Gasteiger partial charge < -0.3 is 14.8 Å². The number of methoxy groups -OCH3 is 1. The van der Waals surface area contributed by atoms with E-state index >= 15 is 0 Å². The Morgan fingerprint density at radius 1 is 1.18 bits per heavy atom. The molecule has 2 aromatic rings. The minimum atomic E-state index is -3.60. The lowest BCUT2D eigenvalue weighted by molar-refractivity contribution is 0.102. The number of hydrogen-bond acceptors (Lipinski definition) is 6. The van der Waals surface area contributed by atoms with Crippen molar-refractivity contribution in [2.24, 2.45) is 0 Å². The van der Waals surface area contributed by atoms with Crippen molar-refractivity contribution in [1.29, 1.82) is 0 Å². The maximum absolute atomic E-state index is 12.5. The van der Waals surface area contributed by atoms with Gasteiger partial charge in [-0.3, -0.25) is 4.79 Å². The largest absolute Gasteiger partial charge is 0.474 e. The number of carbonyl (C=O) groups excluding carboxylic acids is 1. The van der Waals surface area contributed by atoms with Gasteiger partial charge in [0.15, 0.2) is 0 Å². The van der Waals surface area contributed by atoms with Crippen LogP contribution in [0.5, 0.6) is 5.88 Å². The van der Waals surface area contributed by atoms with Gasteiger partial charge in [-0.15, -0.1) is 0 Å². The molecule has 0 aliphatic carbocycles. The second kappa shape index (κ2) is 9.63. The van der Waals surface area contributed by atoms with Crippen LogP contribution < -0.4 is 10.1 Å². The standard InChI is InChI=1S/C19H25N3O5S/c1-14(2)22(3)28(24,25)16-9-7-15(8-10-16)18(23)21-17-6-5-11-20-19(17)27-13-12-26-4/h5-11,14H,12-13H2,1-4H3,(H,21,23). The fourth-order valence-corrected chi connectivity index (χ4v) is 3.61. The molecule has 0 aliphatic heterocycles. The molecule has 2 rings (SSSR count). The molecule has 0 saturated carbocycles. The first-order valence-electron chi connectivity index (χ1n) is 8.73. The van der Waals surface area contributed by atoms with Gasteiger partial charge in [0, 0.05) is 32.0 Å². The normalized spacial score (nSPS) is 11.6. The Balaban J connectivity index is 2.14. The highest BCUT2D eigenvalue weighted by atomic mass is 32.2. The summed E-state index contributed by atoms with van der Waals surface area (Å²) < 4.78 is 36.7. The SMILES string of the molecule is COCCOc1ncccc1NC(=O)c1ccc(S(=O)(=O)N(C)C(C)C)cc1. The average molecular weight is 407 g/mol. The van der Waals surface area contributed by atoms with Gasteiger partial charge >= 0.3 is 0 Å². The van der Waals surface area contributed by atoms with Crippen molar-refractivity contribution in [3.63, 3.8) is 0 Å². The summed E-state index contributed by atoms with van der Waals surface area (Å²) in [7, 11) is -0.515. The predicted molar refractivity (Wildman–Crippen MR) is 106 cm³/mol. The molecule has 1 heterocycles. The monoisotopic (exact) mass is 407 g/mol. The predicted octanol–water partition coefficient (Wildman–Crippen LogP) is 2.39. The van der Waals surface area contributed by atoms with Gasteiger partial charge in [-0.1, -0.05) is 0 Å². The fraction of sp³-hybridized carbons (Fsp3) is 0.368. The van der Waals surface area contributed by atoms with Gasteiger partial charge in [0.1, 0.15) is 12.3 Å². The van der Waals surface area contributed by atoms with Crippen molar-refractivity contribution < 1.29 is 22.7 Å². The second-order valence-corrected chi connectivity index (χ2v) is 8.29. The molecule has 1 aromatic heterocycles. The van der Waals surface area contributed by atoms with Crippen LogP contribution >= 0.6 is 0 Å². The zero-order valence-electron chi connectivity index (χ0n) is 16.4. The quantitative estimate of drug-likeness (QED) is 0.641. The van der Waals surface area contributed by atoms with E-state index in [0.717, 1.165) is 0 Å². The summed E-state index contributed by atoms with van der Waals surface area (Å²) >= 11 is 0. The van der Waals surface area contributed by atoms with Crippen LogP contribution in [0.1, 0.15) is 24.2 Å². The first-order chi connectivity index (χ1) is 13.3. The van der Waals surface area contributed by atoms with Gasteiger partial charge in [-0.2, -0.15) is 4.31 Å². The Morgan fingerprint density at radius 2 is 1.86 bits per heavy atom. The molecule has 28 heavy (non-hydrogen) atoms. The van der Waals surface area contributed by atoms with Crippen molar-refractivity contribution >= 4 is 21.6 Å². The molecule has 0 aliphatic rings. The van der Waals surface area contributed by atoms with Gasteiger partial charge in [-0.05, 0) is 50.2 Å². The van der Waals surface area contributed by atoms with Crippen LogP contribution in [0.15, 0.2) is 47.5 Å². The molecule has 1 N–H and O–H groups in total. The minimum absolute atomic E-state index is 0.130. The number of carbonyl (C=O) groups is 1. The first kappa shape index (κ1) is 21.8. The van der Waals surface area contributed by atoms with Crippen molar-refractivity contribution in [2.75, 3.05) is 32.7 Å². The summed E-state index contributed by atoms with van der Waals surface area (Å²) in [4.78, 5) is 16.8. The summed E-state index contributed by atoms with van der Waals surface area (Å²) in [5.41, 5.74) is 0.734. The van der Waals surface area contributed by atoms with E-state index in [1.807, 2.05) is 0 Å². The number of nitrogens with zero attached hydrogens (tertiary/aromatic N) is 2. The van der Waals surface area contributed by atoms with Gasteiger partial charge in [-0.25, -0.2) is 13.4 Å². The van der Waals surface area contributed by atoms with E-state index in [4.69, 9.17) is 9.47 Å². The van der Waals surface area contributed by atoms with Gasteiger partial charge in [0.05, 0.1) is 11.5 Å². The summed E-state index contributed by atoms with van der Waals surface area (Å²) in [5.74, 6) is -0.114. The molecule has 0 spiro atoms. The number of sulfonamides is 1. The average Bonchev–Trinajstić information content (AvgIpc) is 2.68. The van der Waals surface area contributed by atoms with Crippen LogP contribution in [0, 0.1) is 0 Å². The van der Waals surface area contributed by atoms with E-state index in [-0.39, 0.29) is 16.8 Å². The maximum atomic E-state index is 12.5. The van der Waals surface area contributed by atoms with Crippen molar-refractivity contribution in [3.05, 3.63) is 48.2 Å². The molecule has 0 unspecified atom stereocenters. The summed E-state index contributed by atoms with van der Waals surface area (Å²) in [6, 6.07) is 8.95. The number of rotatable bonds is 9. The van der Waals surface area contributed by atoms with E-state index in [1.54, 1.807) is 39.3 Å². The minimum Gasteiger partial charge on any atom is -0.474 e. The molecule has 0 radical (unpaired) electrons. The number of anilines is 1. The van der Waals surface area contributed by atoms with E-state index in [2.05, 4.69) is 10.3 Å². The third-order valence-corrected chi connectivity index (χ3v) is 6.11. The molecule has 1 amide bonds. The van der Waals surface area contributed by atoms with Crippen LogP contribution in [-0.4, -0.2) is 57.0 Å². The van der Waals surface area contributed by atoms with Crippen LogP contribution in [0.4, 0.5) is 5.69 Å². The molecule has 152 valence electrons. The molecule has 8 nitrogen and oxygen atoms in total. The number of nitrogens with one attached hydrogen (secondary N) is 1. The fourth-order valence-electron chi connectivity index (χ4n) is 2.24. The van der Waals surface area contributed by atoms with Crippen molar-refractivity contribution in [1.82, 2.24) is 9.29 Å². The number of pyridine rings is 1. The zero-order chi connectivity index (χ0) is 20.7. The van der Waals surface area contributed by atoms with E-state index < -0.39 is 15.9 Å². The summed E-state index contributed by atoms with van der Waals surface area (Å²) in [6.07, 6.45) is 1.56. The highest BCUT2D eigenvalue weighted by Gasteiger charge is 2.23. The lowest BCUT2D eigenvalue weighted by atomic mass is 10.2. The Morgan fingerprint density at radius 3 is 2.46 bits per heavy atom. The van der Waals surface area contributed by atoms with Crippen molar-refractivity contribution in [2.45, 2.75) is 24.8 Å². The van der Waals surface area contributed by atoms with Crippen LogP contribution in [0.25, 0.3) is 0 Å². The lowest BCUT2D eigenvalue weighted by Gasteiger charge is -2.21. The summed E-state index contributed by atoms with van der Waals surface area (Å²) in [6.45, 7) is 4.27. The third-order valence-electron chi connectivity index (χ3n) is 4.07. The molecule has 1 aromatic carbocycles. The molecule has 0 fully saturated rings. The molecule has 9 heteroatoms. The maximum Gasteiger partial charge on any atom is 0.255 e. The van der Waals surface area contributed by atoms with Crippen LogP contribution in [0.3, 0.4) is 0 Å². The molecule has 0 bridgehead atoms. The van der Waals surface area contributed by atoms with E-state index in [1.165, 1.54) is 35.6 Å². The number of aromatic nitrogens is 1. The number of benzene rings is 1. The van der Waals surface area contributed by atoms with Crippen LogP contribution in [0.2, 0.25) is 0 Å². The van der Waals surface area contributed by atoms with E-state index in [0.29, 0.717) is 24.5 Å². The number of hydrogen-bond donors (Lipinski definition) is 1. The first-order valence-corrected chi connectivity index (χ1v) is 10.2. The highest BCUT2D eigenvalue weighted by Crippen LogP contribution is 2.22. The van der Waals surface area contributed by atoms with Gasteiger partial charge in [0.2, 0.25) is 15.9 Å². The molecular formula is C19H25N3O5S. The molecular weight excluding hydrogens is 382 g/mol. The van der Waals surface area contributed by atoms with Crippen LogP contribution in [-0.2, 0) is 14.8 Å².